The van der Waals surface area contributed by atoms with E-state index in [0.29, 0.717) is 6.54 Å². The number of aromatic nitrogens is 2. The Kier molecular flexibility index (Phi) is 3.21. The van der Waals surface area contributed by atoms with Gasteiger partial charge in [0.05, 0.1) is 6.20 Å². The molecule has 1 aromatic rings. The zero-order chi connectivity index (χ0) is 11.7. The molecule has 1 rings (SSSR count). The highest BCUT2D eigenvalue weighted by Crippen LogP contribution is 2.19. The lowest BCUT2D eigenvalue weighted by Crippen LogP contribution is -2.44. The summed E-state index contributed by atoms with van der Waals surface area (Å²) in [6.45, 7) is 8.54. The van der Waals surface area contributed by atoms with Crippen LogP contribution in [0, 0.1) is 0 Å². The molecule has 86 valence electrons. The van der Waals surface area contributed by atoms with Crippen LogP contribution in [-0.2, 0) is 12.6 Å². The number of β-amino-alcohol motifs (C(OH)–C–C–N with tert-alkyl or cyclic N) is 1. The molecule has 0 aliphatic rings. The van der Waals surface area contributed by atoms with Crippen LogP contribution in [0.5, 0.6) is 0 Å². The van der Waals surface area contributed by atoms with Crippen LogP contribution in [0.25, 0.3) is 0 Å². The third kappa shape index (κ3) is 3.64. The molecular weight excluding hydrogens is 190 g/mol. The third-order valence-corrected chi connectivity index (χ3v) is 2.29. The van der Waals surface area contributed by atoms with Crippen LogP contribution >= 0.6 is 0 Å². The van der Waals surface area contributed by atoms with Crippen molar-refractivity contribution in [3.63, 3.8) is 0 Å². The molecule has 1 heterocycles. The predicted octanol–water partition coefficient (Wildman–Crippen LogP) is 1.02. The highest BCUT2D eigenvalue weighted by molar-refractivity contribution is 5.14. The molecule has 0 aliphatic carbocycles. The molecular formula is C11H21N3O. The Morgan fingerprint density at radius 1 is 1.40 bits per heavy atom. The van der Waals surface area contributed by atoms with E-state index in [1.807, 2.05) is 13.2 Å². The van der Waals surface area contributed by atoms with Crippen LogP contribution in [0.2, 0.25) is 0 Å². The van der Waals surface area contributed by atoms with Gasteiger partial charge in [0.25, 0.3) is 0 Å². The summed E-state index contributed by atoms with van der Waals surface area (Å²) in [5, 5.41) is 17.6. The fourth-order valence-corrected chi connectivity index (χ4v) is 1.24. The molecule has 0 fully saturated rings. The topological polar surface area (TPSA) is 50.1 Å². The van der Waals surface area contributed by atoms with E-state index in [-0.39, 0.29) is 5.54 Å². The van der Waals surface area contributed by atoms with E-state index in [2.05, 4.69) is 31.2 Å². The average molecular weight is 211 g/mol. The van der Waals surface area contributed by atoms with E-state index >= 15 is 0 Å². The molecule has 2 N–H and O–H groups in total. The van der Waals surface area contributed by atoms with E-state index in [1.54, 1.807) is 17.8 Å². The summed E-state index contributed by atoms with van der Waals surface area (Å²) in [6.07, 6.45) is 3.54. The minimum atomic E-state index is -0.873. The second kappa shape index (κ2) is 3.94. The molecule has 0 saturated carbocycles. The molecule has 0 aromatic carbocycles. The highest BCUT2D eigenvalue weighted by Gasteiger charge is 2.26. The van der Waals surface area contributed by atoms with Crippen molar-refractivity contribution in [1.82, 2.24) is 15.1 Å². The van der Waals surface area contributed by atoms with E-state index in [9.17, 15) is 5.11 Å². The fraction of sp³-hybridized carbons (Fsp3) is 0.727. The summed E-state index contributed by atoms with van der Waals surface area (Å²) < 4.78 is 1.70. The number of aliphatic hydroxyl groups is 1. The minimum absolute atomic E-state index is 0.00615. The lowest BCUT2D eigenvalue weighted by molar-refractivity contribution is 0.0501. The summed E-state index contributed by atoms with van der Waals surface area (Å²) in [6, 6.07) is 0. The quantitative estimate of drug-likeness (QED) is 0.784. The third-order valence-electron chi connectivity index (χ3n) is 2.29. The summed E-state index contributed by atoms with van der Waals surface area (Å²) in [5.41, 5.74) is -0.0324. The second-order valence-corrected chi connectivity index (χ2v) is 5.28. The molecule has 15 heavy (non-hydrogen) atoms. The van der Waals surface area contributed by atoms with Gasteiger partial charge in [0, 0.05) is 30.9 Å². The number of hydrogen-bond acceptors (Lipinski definition) is 3. The maximum Gasteiger partial charge on any atom is 0.102 e. The monoisotopic (exact) mass is 211 g/mol. The zero-order valence-corrected chi connectivity index (χ0v) is 10.2. The number of hydrogen-bond donors (Lipinski definition) is 2. The van der Waals surface area contributed by atoms with Gasteiger partial charge < -0.3 is 10.4 Å². The van der Waals surface area contributed by atoms with Crippen molar-refractivity contribution >= 4 is 0 Å². The molecule has 0 amide bonds. The molecule has 1 atom stereocenters. The Morgan fingerprint density at radius 3 is 2.40 bits per heavy atom. The number of nitrogens with one attached hydrogen (secondary N) is 1. The Labute approximate surface area is 91.3 Å². The number of aryl methyl sites for hydroxylation is 1. The number of rotatable bonds is 3. The van der Waals surface area contributed by atoms with Gasteiger partial charge in [-0.1, -0.05) is 0 Å². The van der Waals surface area contributed by atoms with Crippen molar-refractivity contribution in [2.45, 2.75) is 38.8 Å². The lowest BCUT2D eigenvalue weighted by atomic mass is 9.98. The van der Waals surface area contributed by atoms with E-state index in [0.717, 1.165) is 5.56 Å². The van der Waals surface area contributed by atoms with Crippen molar-refractivity contribution in [2.24, 2.45) is 7.05 Å². The van der Waals surface area contributed by atoms with Crippen LogP contribution in [0.15, 0.2) is 12.4 Å². The molecule has 1 aromatic heterocycles. The van der Waals surface area contributed by atoms with Gasteiger partial charge in [-0.05, 0) is 27.7 Å². The van der Waals surface area contributed by atoms with Crippen LogP contribution in [0.3, 0.4) is 0 Å². The Balaban J connectivity index is 2.67. The van der Waals surface area contributed by atoms with E-state index in [1.165, 1.54) is 0 Å². The maximum absolute atomic E-state index is 10.2. The lowest BCUT2D eigenvalue weighted by Gasteiger charge is -2.28. The molecule has 0 saturated heterocycles. The summed E-state index contributed by atoms with van der Waals surface area (Å²) in [7, 11) is 1.84. The van der Waals surface area contributed by atoms with Crippen molar-refractivity contribution < 1.29 is 5.11 Å². The van der Waals surface area contributed by atoms with Crippen LogP contribution in [-0.4, -0.2) is 27.0 Å². The van der Waals surface area contributed by atoms with Crippen LogP contribution in [0.4, 0.5) is 0 Å². The summed E-state index contributed by atoms with van der Waals surface area (Å²) in [5.74, 6) is 0. The molecule has 4 heteroatoms. The van der Waals surface area contributed by atoms with Gasteiger partial charge in [-0.3, -0.25) is 4.68 Å². The molecule has 1 unspecified atom stereocenters. The van der Waals surface area contributed by atoms with Gasteiger partial charge in [-0.2, -0.15) is 5.10 Å². The van der Waals surface area contributed by atoms with Crippen LogP contribution in [0.1, 0.15) is 33.3 Å². The first-order chi connectivity index (χ1) is 6.71. The van der Waals surface area contributed by atoms with E-state index in [4.69, 9.17) is 0 Å². The van der Waals surface area contributed by atoms with Crippen molar-refractivity contribution in [1.29, 1.82) is 0 Å². The second-order valence-electron chi connectivity index (χ2n) is 5.28. The van der Waals surface area contributed by atoms with E-state index < -0.39 is 5.60 Å². The number of nitrogens with zero attached hydrogens (tertiary/aromatic N) is 2. The smallest absolute Gasteiger partial charge is 0.102 e. The van der Waals surface area contributed by atoms with Gasteiger partial charge in [-0.15, -0.1) is 0 Å². The standard InChI is InChI=1S/C11H21N3O/c1-10(2,3)12-8-11(4,15)9-6-13-14(5)7-9/h6-7,12,15H,8H2,1-5H3. The maximum atomic E-state index is 10.2. The normalized spacial score (nSPS) is 16.4. The van der Waals surface area contributed by atoms with Gasteiger partial charge in [0.2, 0.25) is 0 Å². The van der Waals surface area contributed by atoms with Crippen molar-refractivity contribution in [3.05, 3.63) is 18.0 Å². The van der Waals surface area contributed by atoms with Gasteiger partial charge in [0.1, 0.15) is 5.60 Å². The largest absolute Gasteiger partial charge is 0.384 e. The molecule has 0 spiro atoms. The first-order valence-electron chi connectivity index (χ1n) is 5.17. The Bertz CT molecular complexity index is 323. The highest BCUT2D eigenvalue weighted by atomic mass is 16.3. The Morgan fingerprint density at radius 2 is 2.00 bits per heavy atom. The predicted molar refractivity (Wildman–Crippen MR) is 60.5 cm³/mol. The minimum Gasteiger partial charge on any atom is -0.384 e. The van der Waals surface area contributed by atoms with Crippen molar-refractivity contribution in [2.75, 3.05) is 6.54 Å². The zero-order valence-electron chi connectivity index (χ0n) is 10.2. The average Bonchev–Trinajstić information content (AvgIpc) is 2.48. The van der Waals surface area contributed by atoms with Crippen molar-refractivity contribution in [3.8, 4) is 0 Å². The first kappa shape index (κ1) is 12.2. The molecule has 0 radical (unpaired) electrons. The van der Waals surface area contributed by atoms with Gasteiger partial charge >= 0.3 is 0 Å². The SMILES string of the molecule is Cn1cc(C(C)(O)CNC(C)(C)C)cn1. The van der Waals surface area contributed by atoms with Crippen LogP contribution < -0.4 is 5.32 Å². The summed E-state index contributed by atoms with van der Waals surface area (Å²) in [4.78, 5) is 0. The van der Waals surface area contributed by atoms with Gasteiger partial charge in [0.15, 0.2) is 0 Å². The first-order valence-corrected chi connectivity index (χ1v) is 5.17. The molecule has 0 aliphatic heterocycles. The molecule has 4 nitrogen and oxygen atoms in total. The van der Waals surface area contributed by atoms with Gasteiger partial charge in [-0.25, -0.2) is 0 Å². The molecule has 0 bridgehead atoms. The fourth-order valence-electron chi connectivity index (χ4n) is 1.24. The summed E-state index contributed by atoms with van der Waals surface area (Å²) >= 11 is 0. The Hall–Kier alpha value is -0.870.